The second-order valence-electron chi connectivity index (χ2n) is 3.49. The molecule has 1 fully saturated rings. The van der Waals surface area contributed by atoms with E-state index >= 15 is 0 Å². The average Bonchev–Trinajstić information content (AvgIpc) is 2.85. The standard InChI is InChI=1S/C10H11ClO2/c11-10-4-3-9(13-10)8(5-6-12)7-1-2-7/h3-4,6-8H,1-2,5H2. The average molecular weight is 199 g/mol. The highest BCUT2D eigenvalue weighted by Gasteiger charge is 2.33. The number of halogens is 1. The topological polar surface area (TPSA) is 30.2 Å². The van der Waals surface area contributed by atoms with Gasteiger partial charge in [0.1, 0.15) is 12.0 Å². The molecule has 0 spiro atoms. The summed E-state index contributed by atoms with van der Waals surface area (Å²) in [7, 11) is 0. The van der Waals surface area contributed by atoms with Gasteiger partial charge in [0, 0.05) is 12.3 Å². The number of carbonyl (C=O) groups excluding carboxylic acids is 1. The van der Waals surface area contributed by atoms with Gasteiger partial charge in [0.2, 0.25) is 0 Å². The van der Waals surface area contributed by atoms with E-state index in [2.05, 4.69) is 0 Å². The molecular weight excluding hydrogens is 188 g/mol. The van der Waals surface area contributed by atoms with Crippen molar-refractivity contribution < 1.29 is 9.21 Å². The van der Waals surface area contributed by atoms with Crippen molar-refractivity contribution in [3.8, 4) is 0 Å². The van der Waals surface area contributed by atoms with Crippen molar-refractivity contribution in [2.45, 2.75) is 25.2 Å². The Hall–Kier alpha value is -0.760. The van der Waals surface area contributed by atoms with Gasteiger partial charge in [-0.2, -0.15) is 0 Å². The molecule has 1 heterocycles. The number of hydrogen-bond acceptors (Lipinski definition) is 2. The first-order valence-corrected chi connectivity index (χ1v) is 4.88. The van der Waals surface area contributed by atoms with Gasteiger partial charge in [-0.15, -0.1) is 0 Å². The van der Waals surface area contributed by atoms with Crippen LogP contribution in [-0.4, -0.2) is 6.29 Å². The molecule has 0 aromatic carbocycles. The van der Waals surface area contributed by atoms with E-state index in [1.54, 1.807) is 6.07 Å². The smallest absolute Gasteiger partial charge is 0.193 e. The fraction of sp³-hybridized carbons (Fsp3) is 0.500. The molecule has 1 aliphatic carbocycles. The highest BCUT2D eigenvalue weighted by Crippen LogP contribution is 2.44. The van der Waals surface area contributed by atoms with Crippen LogP contribution >= 0.6 is 11.6 Å². The SMILES string of the molecule is O=CCC(c1ccc(Cl)o1)C1CC1. The van der Waals surface area contributed by atoms with Gasteiger partial charge in [-0.3, -0.25) is 0 Å². The summed E-state index contributed by atoms with van der Waals surface area (Å²) in [6.45, 7) is 0. The summed E-state index contributed by atoms with van der Waals surface area (Å²) in [4.78, 5) is 10.5. The van der Waals surface area contributed by atoms with Crippen molar-refractivity contribution in [3.63, 3.8) is 0 Å². The molecule has 1 aromatic heterocycles. The van der Waals surface area contributed by atoms with E-state index in [1.807, 2.05) is 6.07 Å². The van der Waals surface area contributed by atoms with Gasteiger partial charge < -0.3 is 9.21 Å². The van der Waals surface area contributed by atoms with E-state index in [0.29, 0.717) is 17.6 Å². The maximum Gasteiger partial charge on any atom is 0.193 e. The molecular formula is C10H11ClO2. The first kappa shape index (κ1) is 8.82. The quantitative estimate of drug-likeness (QED) is 0.697. The number of rotatable bonds is 4. The Labute approximate surface area is 81.9 Å². The molecule has 1 saturated carbocycles. The lowest BCUT2D eigenvalue weighted by molar-refractivity contribution is -0.108. The molecule has 3 heteroatoms. The van der Waals surface area contributed by atoms with Gasteiger partial charge >= 0.3 is 0 Å². The van der Waals surface area contributed by atoms with Crippen LogP contribution in [0.15, 0.2) is 16.5 Å². The second kappa shape index (κ2) is 3.54. The van der Waals surface area contributed by atoms with E-state index in [0.717, 1.165) is 12.0 Å². The molecule has 2 rings (SSSR count). The summed E-state index contributed by atoms with van der Waals surface area (Å²) >= 11 is 5.67. The van der Waals surface area contributed by atoms with Gasteiger partial charge in [-0.05, 0) is 42.5 Å². The minimum Gasteiger partial charge on any atom is -0.449 e. The van der Waals surface area contributed by atoms with E-state index in [-0.39, 0.29) is 5.92 Å². The number of aldehydes is 1. The van der Waals surface area contributed by atoms with Crippen LogP contribution in [0, 0.1) is 5.92 Å². The Kier molecular flexibility index (Phi) is 2.40. The highest BCUT2D eigenvalue weighted by atomic mass is 35.5. The largest absolute Gasteiger partial charge is 0.449 e. The third-order valence-electron chi connectivity index (χ3n) is 2.50. The molecule has 70 valence electrons. The van der Waals surface area contributed by atoms with Crippen LogP contribution in [0.5, 0.6) is 0 Å². The molecule has 13 heavy (non-hydrogen) atoms. The predicted octanol–water partition coefficient (Wildman–Crippen LogP) is 3.02. The van der Waals surface area contributed by atoms with Crippen molar-refractivity contribution in [1.29, 1.82) is 0 Å². The first-order chi connectivity index (χ1) is 6.31. The molecule has 1 aromatic rings. The van der Waals surface area contributed by atoms with Crippen molar-refractivity contribution in [2.24, 2.45) is 5.92 Å². The van der Waals surface area contributed by atoms with Crippen LogP contribution in [0.3, 0.4) is 0 Å². The van der Waals surface area contributed by atoms with Crippen molar-refractivity contribution in [3.05, 3.63) is 23.1 Å². The molecule has 0 N–H and O–H groups in total. The Morgan fingerprint density at radius 1 is 1.62 bits per heavy atom. The Morgan fingerprint density at radius 3 is 2.85 bits per heavy atom. The third-order valence-corrected chi connectivity index (χ3v) is 2.70. The van der Waals surface area contributed by atoms with Crippen LogP contribution in [0.25, 0.3) is 0 Å². The number of carbonyl (C=O) groups is 1. The molecule has 1 aliphatic rings. The molecule has 0 amide bonds. The van der Waals surface area contributed by atoms with E-state index in [4.69, 9.17) is 16.0 Å². The van der Waals surface area contributed by atoms with Gasteiger partial charge in [0.05, 0.1) is 0 Å². The highest BCUT2D eigenvalue weighted by molar-refractivity contribution is 6.28. The molecule has 1 atom stereocenters. The van der Waals surface area contributed by atoms with Crippen molar-refractivity contribution in [2.75, 3.05) is 0 Å². The summed E-state index contributed by atoms with van der Waals surface area (Å²) in [6, 6.07) is 3.60. The van der Waals surface area contributed by atoms with Crippen LogP contribution in [0.1, 0.15) is 30.9 Å². The van der Waals surface area contributed by atoms with Crippen LogP contribution in [0.4, 0.5) is 0 Å². The molecule has 1 unspecified atom stereocenters. The minimum atomic E-state index is 0.255. The summed E-state index contributed by atoms with van der Waals surface area (Å²) in [5.41, 5.74) is 0. The van der Waals surface area contributed by atoms with Crippen LogP contribution < -0.4 is 0 Å². The van der Waals surface area contributed by atoms with Gasteiger partial charge in [-0.1, -0.05) is 0 Å². The summed E-state index contributed by atoms with van der Waals surface area (Å²) < 4.78 is 5.31. The monoisotopic (exact) mass is 198 g/mol. The molecule has 0 radical (unpaired) electrons. The molecule has 0 saturated heterocycles. The number of furan rings is 1. The maximum atomic E-state index is 10.5. The first-order valence-electron chi connectivity index (χ1n) is 4.50. The van der Waals surface area contributed by atoms with Crippen molar-refractivity contribution in [1.82, 2.24) is 0 Å². The Morgan fingerprint density at radius 2 is 2.38 bits per heavy atom. The van der Waals surface area contributed by atoms with E-state index in [9.17, 15) is 4.79 Å². The zero-order valence-corrected chi connectivity index (χ0v) is 7.96. The fourth-order valence-electron chi connectivity index (χ4n) is 1.67. The lowest BCUT2D eigenvalue weighted by atomic mass is 9.98. The second-order valence-corrected chi connectivity index (χ2v) is 3.86. The molecule has 2 nitrogen and oxygen atoms in total. The summed E-state index contributed by atoms with van der Waals surface area (Å²) in [5, 5.41) is 0.409. The summed E-state index contributed by atoms with van der Waals surface area (Å²) in [6.07, 6.45) is 3.92. The van der Waals surface area contributed by atoms with Crippen LogP contribution in [-0.2, 0) is 4.79 Å². The van der Waals surface area contributed by atoms with Gasteiger partial charge in [0.25, 0.3) is 0 Å². The third kappa shape index (κ3) is 1.94. The van der Waals surface area contributed by atoms with Crippen molar-refractivity contribution >= 4 is 17.9 Å². The normalized spacial score (nSPS) is 18.5. The van der Waals surface area contributed by atoms with E-state index in [1.165, 1.54) is 12.8 Å². The van der Waals surface area contributed by atoms with Gasteiger partial charge in [-0.25, -0.2) is 0 Å². The van der Waals surface area contributed by atoms with E-state index < -0.39 is 0 Å². The lowest BCUT2D eigenvalue weighted by Gasteiger charge is -2.08. The predicted molar refractivity (Wildman–Crippen MR) is 49.9 cm³/mol. The Balaban J connectivity index is 2.14. The molecule has 0 bridgehead atoms. The minimum absolute atomic E-state index is 0.255. The Bertz CT molecular complexity index is 302. The maximum absolute atomic E-state index is 10.5. The fourth-order valence-corrected chi connectivity index (χ4v) is 1.82. The lowest BCUT2D eigenvalue weighted by Crippen LogP contribution is -2.00. The summed E-state index contributed by atoms with van der Waals surface area (Å²) in [5.74, 6) is 1.75. The van der Waals surface area contributed by atoms with Crippen LogP contribution in [0.2, 0.25) is 5.22 Å². The van der Waals surface area contributed by atoms with Gasteiger partial charge in [0.15, 0.2) is 5.22 Å². The zero-order valence-electron chi connectivity index (χ0n) is 7.20. The zero-order chi connectivity index (χ0) is 9.26. The number of hydrogen-bond donors (Lipinski definition) is 0. The molecule has 0 aliphatic heterocycles.